The molecule has 1 nitrogen and oxygen atoms in total. The molecule has 1 rings (SSSR count). The summed E-state index contributed by atoms with van der Waals surface area (Å²) in [6.45, 7) is 0. The molecule has 0 aliphatic carbocycles. The summed E-state index contributed by atoms with van der Waals surface area (Å²) >= 11 is 4.26. The van der Waals surface area contributed by atoms with Crippen molar-refractivity contribution in [3.63, 3.8) is 0 Å². The number of carbonyl (C=O) groups excluding carboxylic acids is 1. The molecule has 0 saturated carbocycles. The second kappa shape index (κ2) is 4.39. The molecule has 11 heavy (non-hydrogen) atoms. The van der Waals surface area contributed by atoms with Crippen molar-refractivity contribution >= 4 is 51.0 Å². The van der Waals surface area contributed by atoms with Gasteiger partial charge in [0.15, 0.2) is 5.78 Å². The van der Waals surface area contributed by atoms with Crippen molar-refractivity contribution in [1.82, 2.24) is 0 Å². The van der Waals surface area contributed by atoms with E-state index in [0.717, 1.165) is 9.13 Å². The van der Waals surface area contributed by atoms with Crippen molar-refractivity contribution in [2.45, 2.75) is 0 Å². The van der Waals surface area contributed by atoms with E-state index in [9.17, 15) is 4.79 Å². The smallest absolute Gasteiger partial charge is 0.173 e. The molecule has 0 aliphatic heterocycles. The summed E-state index contributed by atoms with van der Waals surface area (Å²) < 4.78 is 1.59. The van der Waals surface area contributed by atoms with Gasteiger partial charge in [0, 0.05) is 9.13 Å². The molecule has 0 radical (unpaired) electrons. The van der Waals surface area contributed by atoms with Crippen molar-refractivity contribution in [2.24, 2.45) is 0 Å². The van der Waals surface area contributed by atoms with Crippen LogP contribution < -0.4 is 0 Å². The fourth-order valence-corrected chi connectivity index (χ4v) is 1.86. The Hall–Kier alpha value is 0.350. The average molecular weight is 372 g/mol. The maximum Gasteiger partial charge on any atom is 0.173 e. The first-order valence-corrected chi connectivity index (χ1v) is 5.70. The third-order valence-electron chi connectivity index (χ3n) is 1.30. The SMILES string of the molecule is O=C(CI)c1ccccc1I. The number of alkyl halides is 1. The Balaban J connectivity index is 3.03. The van der Waals surface area contributed by atoms with Crippen LogP contribution in [0.15, 0.2) is 24.3 Å². The Morgan fingerprint density at radius 1 is 1.36 bits per heavy atom. The van der Waals surface area contributed by atoms with Crippen LogP contribution in [0.1, 0.15) is 10.4 Å². The van der Waals surface area contributed by atoms with Gasteiger partial charge in [-0.3, -0.25) is 4.79 Å². The quantitative estimate of drug-likeness (QED) is 0.444. The molecule has 0 saturated heterocycles. The van der Waals surface area contributed by atoms with Gasteiger partial charge in [-0.2, -0.15) is 0 Å². The second-order valence-electron chi connectivity index (χ2n) is 2.04. The summed E-state index contributed by atoms with van der Waals surface area (Å²) in [5.41, 5.74) is 0.836. The minimum Gasteiger partial charge on any atom is -0.293 e. The first-order valence-electron chi connectivity index (χ1n) is 3.09. The van der Waals surface area contributed by atoms with Gasteiger partial charge in [-0.25, -0.2) is 0 Å². The molecule has 0 unspecified atom stereocenters. The van der Waals surface area contributed by atoms with Gasteiger partial charge in [-0.05, 0) is 28.7 Å². The van der Waals surface area contributed by atoms with E-state index in [1.807, 2.05) is 24.3 Å². The molecule has 1 aromatic carbocycles. The monoisotopic (exact) mass is 372 g/mol. The molecule has 0 heterocycles. The van der Waals surface area contributed by atoms with E-state index in [-0.39, 0.29) is 5.78 Å². The number of halogens is 2. The molecule has 3 heteroatoms. The first-order chi connectivity index (χ1) is 5.25. The minimum absolute atomic E-state index is 0.204. The number of hydrogen-bond donors (Lipinski definition) is 0. The average Bonchev–Trinajstić information content (AvgIpc) is 2.04. The lowest BCUT2D eigenvalue weighted by Crippen LogP contribution is -2.01. The van der Waals surface area contributed by atoms with Crippen LogP contribution in [0.5, 0.6) is 0 Å². The number of hydrogen-bond acceptors (Lipinski definition) is 1. The summed E-state index contributed by atoms with van der Waals surface area (Å²) in [4.78, 5) is 11.2. The van der Waals surface area contributed by atoms with Gasteiger partial charge in [0.2, 0.25) is 0 Å². The third-order valence-corrected chi connectivity index (χ3v) is 2.93. The molecule has 0 N–H and O–H groups in total. The largest absolute Gasteiger partial charge is 0.293 e. The van der Waals surface area contributed by atoms with E-state index in [0.29, 0.717) is 4.43 Å². The zero-order chi connectivity index (χ0) is 8.27. The van der Waals surface area contributed by atoms with Crippen molar-refractivity contribution in [3.8, 4) is 0 Å². The van der Waals surface area contributed by atoms with Crippen LogP contribution in [0.2, 0.25) is 0 Å². The zero-order valence-electron chi connectivity index (χ0n) is 5.68. The van der Waals surface area contributed by atoms with Gasteiger partial charge >= 0.3 is 0 Å². The fraction of sp³-hybridized carbons (Fsp3) is 0.125. The Bertz CT molecular complexity index is 271. The van der Waals surface area contributed by atoms with Gasteiger partial charge in [-0.15, -0.1) is 0 Å². The van der Waals surface area contributed by atoms with Crippen LogP contribution in [0.3, 0.4) is 0 Å². The molecular weight excluding hydrogens is 366 g/mol. The highest BCUT2D eigenvalue weighted by Crippen LogP contribution is 2.12. The molecule has 0 aromatic heterocycles. The Morgan fingerprint density at radius 3 is 2.55 bits per heavy atom. The highest BCUT2D eigenvalue weighted by Gasteiger charge is 2.05. The summed E-state index contributed by atoms with van der Waals surface area (Å²) in [6.07, 6.45) is 0. The molecule has 0 atom stereocenters. The van der Waals surface area contributed by atoms with E-state index < -0.39 is 0 Å². The van der Waals surface area contributed by atoms with Gasteiger partial charge in [-0.1, -0.05) is 40.8 Å². The van der Waals surface area contributed by atoms with Gasteiger partial charge in [0.1, 0.15) is 0 Å². The summed E-state index contributed by atoms with van der Waals surface area (Å²) in [5, 5.41) is 0. The molecule has 1 aromatic rings. The van der Waals surface area contributed by atoms with E-state index in [2.05, 4.69) is 45.2 Å². The number of carbonyl (C=O) groups is 1. The second-order valence-corrected chi connectivity index (χ2v) is 3.96. The lowest BCUT2D eigenvalue weighted by atomic mass is 10.2. The number of rotatable bonds is 2. The summed E-state index contributed by atoms with van der Waals surface area (Å²) in [7, 11) is 0. The Morgan fingerprint density at radius 2 is 2.00 bits per heavy atom. The van der Waals surface area contributed by atoms with E-state index in [1.165, 1.54) is 0 Å². The number of ketones is 1. The molecule has 0 aliphatic rings. The predicted molar refractivity (Wildman–Crippen MR) is 62.4 cm³/mol. The zero-order valence-corrected chi connectivity index (χ0v) is 10.00. The molecule has 0 bridgehead atoms. The van der Waals surface area contributed by atoms with Gasteiger partial charge < -0.3 is 0 Å². The normalized spacial score (nSPS) is 9.64. The van der Waals surface area contributed by atoms with E-state index >= 15 is 0 Å². The third kappa shape index (κ3) is 2.40. The number of benzene rings is 1. The highest BCUT2D eigenvalue weighted by molar-refractivity contribution is 14.1. The van der Waals surface area contributed by atoms with Crippen LogP contribution in [0, 0.1) is 3.57 Å². The van der Waals surface area contributed by atoms with E-state index in [1.54, 1.807) is 0 Å². The highest BCUT2D eigenvalue weighted by atomic mass is 127. The van der Waals surface area contributed by atoms with Crippen molar-refractivity contribution in [1.29, 1.82) is 0 Å². The standard InChI is InChI=1S/C8H6I2O/c9-5-8(11)6-3-1-2-4-7(6)10/h1-4H,5H2. The maximum atomic E-state index is 11.2. The van der Waals surface area contributed by atoms with Crippen LogP contribution >= 0.6 is 45.2 Å². The van der Waals surface area contributed by atoms with Crippen LogP contribution in [0.4, 0.5) is 0 Å². The molecule has 0 fully saturated rings. The van der Waals surface area contributed by atoms with Crippen molar-refractivity contribution < 1.29 is 4.79 Å². The van der Waals surface area contributed by atoms with Crippen molar-refractivity contribution in [2.75, 3.05) is 4.43 Å². The van der Waals surface area contributed by atoms with Crippen LogP contribution in [-0.2, 0) is 0 Å². The Labute approximate surface area is 92.8 Å². The topological polar surface area (TPSA) is 17.1 Å². The molecule has 0 amide bonds. The van der Waals surface area contributed by atoms with Crippen molar-refractivity contribution in [3.05, 3.63) is 33.4 Å². The molecule has 58 valence electrons. The first kappa shape index (κ1) is 9.44. The van der Waals surface area contributed by atoms with Crippen LogP contribution in [0.25, 0.3) is 0 Å². The summed E-state index contributed by atoms with van der Waals surface area (Å²) in [5.74, 6) is 0.204. The van der Waals surface area contributed by atoms with Gasteiger partial charge in [0.05, 0.1) is 4.43 Å². The van der Waals surface area contributed by atoms with E-state index in [4.69, 9.17) is 0 Å². The van der Waals surface area contributed by atoms with Gasteiger partial charge in [0.25, 0.3) is 0 Å². The molecule has 0 spiro atoms. The lowest BCUT2D eigenvalue weighted by molar-refractivity contribution is 0.102. The van der Waals surface area contributed by atoms with Crippen LogP contribution in [-0.4, -0.2) is 10.2 Å². The minimum atomic E-state index is 0.204. The lowest BCUT2D eigenvalue weighted by Gasteiger charge is -1.98. The summed E-state index contributed by atoms with van der Waals surface area (Å²) in [6, 6.07) is 7.64. The molecular formula is C8H6I2O. The Kier molecular flexibility index (Phi) is 3.77. The fourth-order valence-electron chi connectivity index (χ4n) is 0.759. The predicted octanol–water partition coefficient (Wildman–Crippen LogP) is 2.91. The maximum absolute atomic E-state index is 11.2. The number of Topliss-reactive ketones (excluding diaryl/α,β-unsaturated/α-hetero) is 1.